The Morgan fingerprint density at radius 1 is 0.552 bits per heavy atom. The van der Waals surface area contributed by atoms with Crippen LogP contribution >= 0.6 is 0 Å². The summed E-state index contributed by atoms with van der Waals surface area (Å²) < 4.78 is 29.5. The lowest BCUT2D eigenvalue weighted by Gasteiger charge is -2.42. The lowest BCUT2D eigenvalue weighted by Crippen LogP contribution is -2.53. The number of piperidine rings is 2. The molecule has 2 atom stereocenters. The Balaban J connectivity index is 0.000000234. The molecule has 0 spiro atoms. The van der Waals surface area contributed by atoms with Crippen LogP contribution in [0.3, 0.4) is 0 Å². The summed E-state index contributed by atoms with van der Waals surface area (Å²) in [6.45, 7) is 3.57. The van der Waals surface area contributed by atoms with E-state index in [0.29, 0.717) is 56.4 Å². The van der Waals surface area contributed by atoms with Crippen molar-refractivity contribution in [2.24, 2.45) is 0 Å². The van der Waals surface area contributed by atoms with Crippen LogP contribution in [0.25, 0.3) is 0 Å². The molecule has 0 aliphatic carbocycles. The molecule has 2 aliphatic heterocycles. The van der Waals surface area contributed by atoms with Gasteiger partial charge in [0.1, 0.15) is 0 Å². The summed E-state index contributed by atoms with van der Waals surface area (Å²) in [4.78, 5) is 43.8. The van der Waals surface area contributed by atoms with E-state index in [1.54, 1.807) is 30.3 Å². The first-order valence-electron chi connectivity index (χ1n) is 22.9. The van der Waals surface area contributed by atoms with Crippen LogP contribution in [-0.2, 0) is 23.1 Å². The minimum atomic E-state index is -3.86. The molecular weight excluding hydrogens is 863 g/mol. The molecule has 67 heavy (non-hydrogen) atoms. The van der Waals surface area contributed by atoms with Gasteiger partial charge in [0.15, 0.2) is 0 Å². The summed E-state index contributed by atoms with van der Waals surface area (Å²) in [6, 6.07) is 56.5. The van der Waals surface area contributed by atoms with Gasteiger partial charge in [0, 0.05) is 62.1 Å². The number of carbonyl (C=O) groups is 3. The van der Waals surface area contributed by atoms with Crippen LogP contribution in [0.5, 0.6) is 0 Å². The van der Waals surface area contributed by atoms with Gasteiger partial charge < -0.3 is 24.9 Å². The van der Waals surface area contributed by atoms with Crippen LogP contribution < -0.4 is 9.21 Å². The Morgan fingerprint density at radius 3 is 1.52 bits per heavy atom. The highest BCUT2D eigenvalue weighted by atomic mass is 32.2. The maximum Gasteiger partial charge on any atom is 0.407 e. The average molecular weight is 922 g/mol. The number of hydrogen-bond donors (Lipinski definition) is 2. The summed E-state index contributed by atoms with van der Waals surface area (Å²) in [5.74, 6) is -0.0458. The van der Waals surface area contributed by atoms with Crippen molar-refractivity contribution in [2.45, 2.75) is 74.6 Å². The first kappa shape index (κ1) is 48.0. The highest BCUT2D eigenvalue weighted by Gasteiger charge is 2.39. The predicted molar refractivity (Wildman–Crippen MR) is 263 cm³/mol. The largest absolute Gasteiger partial charge is 0.465 e. The average Bonchev–Trinajstić information content (AvgIpc) is 3.36. The van der Waals surface area contributed by atoms with Gasteiger partial charge in [0.2, 0.25) is 0 Å². The topological polar surface area (TPSA) is 142 Å². The predicted octanol–water partition coefficient (Wildman–Crippen LogP) is 10.4. The number of carbonyl (C=O) groups excluding carboxylic acids is 1. The Labute approximate surface area is 394 Å². The van der Waals surface area contributed by atoms with E-state index in [1.165, 1.54) is 25.2 Å². The molecule has 2 saturated heterocycles. The normalized spacial score (nSPS) is 16.4. The third kappa shape index (κ3) is 12.9. The van der Waals surface area contributed by atoms with E-state index in [4.69, 9.17) is 5.11 Å². The second kappa shape index (κ2) is 23.5. The second-order valence-electron chi connectivity index (χ2n) is 17.0. The van der Waals surface area contributed by atoms with Crippen molar-refractivity contribution >= 4 is 39.5 Å². The quantitative estimate of drug-likeness (QED) is 0.104. The van der Waals surface area contributed by atoms with Crippen molar-refractivity contribution in [1.82, 2.24) is 14.7 Å². The monoisotopic (exact) mass is 921 g/mol. The molecule has 0 bridgehead atoms. The number of sulfonamides is 1. The van der Waals surface area contributed by atoms with Gasteiger partial charge in [-0.05, 0) is 105 Å². The van der Waals surface area contributed by atoms with E-state index >= 15 is 0 Å². The maximum atomic E-state index is 14.0. The van der Waals surface area contributed by atoms with Crippen LogP contribution in [0, 0.1) is 0 Å². The smallest absolute Gasteiger partial charge is 0.407 e. The van der Waals surface area contributed by atoms with Gasteiger partial charge in [-0.3, -0.25) is 14.0 Å². The zero-order valence-electron chi connectivity index (χ0n) is 37.6. The first-order valence-corrected chi connectivity index (χ1v) is 24.4. The lowest BCUT2D eigenvalue weighted by atomic mass is 9.93. The minimum Gasteiger partial charge on any atom is -0.465 e. The fourth-order valence-corrected chi connectivity index (χ4v) is 10.9. The van der Waals surface area contributed by atoms with Crippen molar-refractivity contribution in [3.05, 3.63) is 199 Å². The number of amides is 3. The van der Waals surface area contributed by atoms with Gasteiger partial charge in [-0.15, -0.1) is 0 Å². The number of hydrogen-bond acceptors (Lipinski definition) is 6. The Morgan fingerprint density at radius 2 is 1.01 bits per heavy atom. The minimum absolute atomic E-state index is 0.00398. The van der Waals surface area contributed by atoms with E-state index in [9.17, 15) is 27.9 Å². The van der Waals surface area contributed by atoms with Crippen LogP contribution in [0.2, 0.25) is 0 Å². The lowest BCUT2D eigenvalue weighted by molar-refractivity contribution is 0.0947. The highest BCUT2D eigenvalue weighted by Crippen LogP contribution is 2.34. The molecule has 3 amide bonds. The summed E-state index contributed by atoms with van der Waals surface area (Å²) >= 11 is 0. The molecule has 8 rings (SSSR count). The zero-order valence-corrected chi connectivity index (χ0v) is 38.4. The van der Waals surface area contributed by atoms with Gasteiger partial charge in [0.05, 0.1) is 10.6 Å². The van der Waals surface area contributed by atoms with E-state index in [1.807, 2.05) is 132 Å². The molecular formula is C54H59N5O7S. The van der Waals surface area contributed by atoms with Crippen molar-refractivity contribution in [2.75, 3.05) is 35.4 Å². The standard InChI is InChI=1S/C35H39N3O4S.C19H20N2O3/c39-35(40)37-25-23-33(38(31-18-9-3-10-19-31)43(41,42)34-21-11-4-12-22-34)26-32(37)20-13-24-36(27-29-14-5-1-6-15-29)28-30-16-7-2-8-17-30;22-18(15-7-3-1-4-8-15)21(16-9-5-2-6-10-16)17-11-13-20(14-12-17)19(23)24/h1-12,14-19,21-22,32-33H,13,20,23-28H2,(H,39,40);1-10,17H,11-14H2,(H,23,24)/t32?,33-;/m0./s1. The Kier molecular flexibility index (Phi) is 16.8. The number of likely N-dealkylation sites (tertiary alicyclic amines) is 2. The SMILES string of the molecule is O=C(O)N1CCC(N(C(=O)c2ccccc2)c2ccccc2)CC1.O=C(O)N1CC[C@H](N(c2ccccc2)S(=O)(=O)c2ccccc2)CC1CCCN(Cc1ccccc1)Cc1ccccc1. The van der Waals surface area contributed by atoms with Gasteiger partial charge in [-0.2, -0.15) is 0 Å². The number of nitrogens with zero attached hydrogens (tertiary/aromatic N) is 5. The van der Waals surface area contributed by atoms with E-state index in [2.05, 4.69) is 29.2 Å². The second-order valence-corrected chi connectivity index (χ2v) is 18.8. The van der Waals surface area contributed by atoms with Crippen LogP contribution in [-0.4, -0.2) is 95.7 Å². The number of para-hydroxylation sites is 2. The molecule has 348 valence electrons. The molecule has 2 fully saturated rings. The van der Waals surface area contributed by atoms with Crippen molar-refractivity contribution in [3.8, 4) is 0 Å². The molecule has 13 heteroatoms. The van der Waals surface area contributed by atoms with Gasteiger partial charge in [-0.25, -0.2) is 18.0 Å². The molecule has 0 aromatic heterocycles. The molecule has 2 heterocycles. The van der Waals surface area contributed by atoms with E-state index in [-0.39, 0.29) is 35.5 Å². The van der Waals surface area contributed by atoms with Crippen molar-refractivity contribution < 1.29 is 33.0 Å². The van der Waals surface area contributed by atoms with Gasteiger partial charge in [-0.1, -0.05) is 133 Å². The Bertz CT molecular complexity index is 2530. The third-order valence-electron chi connectivity index (χ3n) is 12.5. The maximum absolute atomic E-state index is 14.0. The zero-order chi connectivity index (χ0) is 47.0. The number of anilines is 2. The molecule has 1 unspecified atom stereocenters. The molecule has 6 aromatic rings. The number of benzene rings is 6. The van der Waals surface area contributed by atoms with Gasteiger partial charge >= 0.3 is 12.2 Å². The third-order valence-corrected chi connectivity index (χ3v) is 14.4. The summed E-state index contributed by atoms with van der Waals surface area (Å²) in [6.07, 6.45) is 1.73. The molecule has 0 radical (unpaired) electrons. The van der Waals surface area contributed by atoms with Crippen molar-refractivity contribution in [1.29, 1.82) is 0 Å². The molecule has 6 aromatic carbocycles. The molecule has 12 nitrogen and oxygen atoms in total. The number of carboxylic acid groups (broad SMARTS) is 2. The fourth-order valence-electron chi connectivity index (χ4n) is 9.16. The van der Waals surface area contributed by atoms with Crippen LogP contribution in [0.15, 0.2) is 187 Å². The van der Waals surface area contributed by atoms with Crippen molar-refractivity contribution in [3.63, 3.8) is 0 Å². The van der Waals surface area contributed by atoms with Gasteiger partial charge in [0.25, 0.3) is 15.9 Å². The first-order chi connectivity index (χ1) is 32.6. The molecule has 2 aliphatic rings. The Hall–Kier alpha value is -6.96. The van der Waals surface area contributed by atoms with Crippen LogP contribution in [0.4, 0.5) is 21.0 Å². The summed E-state index contributed by atoms with van der Waals surface area (Å²) in [7, 11) is -3.86. The number of rotatable bonds is 15. The van der Waals surface area contributed by atoms with Crippen LogP contribution in [0.1, 0.15) is 60.0 Å². The highest BCUT2D eigenvalue weighted by molar-refractivity contribution is 7.92. The van der Waals surface area contributed by atoms with E-state index in [0.717, 1.165) is 31.7 Å². The summed E-state index contributed by atoms with van der Waals surface area (Å²) in [5, 5.41) is 19.2. The molecule has 0 saturated carbocycles. The summed E-state index contributed by atoms with van der Waals surface area (Å²) in [5.41, 5.74) is 4.54. The van der Waals surface area contributed by atoms with E-state index < -0.39 is 22.2 Å². The fraction of sp³-hybridized carbons (Fsp3) is 0.278. The molecule has 2 N–H and O–H groups in total.